The summed E-state index contributed by atoms with van der Waals surface area (Å²) in [5.74, 6) is 0.0768. The van der Waals surface area contributed by atoms with Gasteiger partial charge in [0.05, 0.1) is 5.97 Å². The molecule has 0 N–H and O–H groups in total. The van der Waals surface area contributed by atoms with Crippen LogP contribution < -0.4 is 9.84 Å². The molecule has 0 saturated carbocycles. The van der Waals surface area contributed by atoms with Crippen LogP contribution in [0.5, 0.6) is 5.75 Å². The topological polar surface area (TPSA) is 80.1 Å². The van der Waals surface area contributed by atoms with Crippen molar-refractivity contribution < 1.29 is 14.6 Å². The molecule has 22 heavy (non-hydrogen) atoms. The van der Waals surface area contributed by atoms with E-state index in [9.17, 15) is 9.90 Å². The molecule has 1 aromatic carbocycles. The molecule has 0 spiro atoms. The molecule has 7 heteroatoms. The van der Waals surface area contributed by atoms with Crippen LogP contribution in [0, 0.1) is 6.92 Å². The van der Waals surface area contributed by atoms with Crippen LogP contribution in [0.2, 0.25) is 0 Å². The van der Waals surface area contributed by atoms with Crippen molar-refractivity contribution in [1.82, 2.24) is 14.8 Å². The number of hydrogen-bond acceptors (Lipinski definition) is 6. The van der Waals surface area contributed by atoms with Crippen LogP contribution >= 0.6 is 11.8 Å². The molecule has 0 bridgehead atoms. The summed E-state index contributed by atoms with van der Waals surface area (Å²) in [6.45, 7) is 6.38. The number of aryl methyl sites for hydroxylation is 1. The lowest BCUT2D eigenvalue weighted by atomic mass is 10.2. The van der Waals surface area contributed by atoms with Gasteiger partial charge in [0.15, 0.2) is 11.0 Å². The first kappa shape index (κ1) is 16.1. The van der Waals surface area contributed by atoms with Crippen LogP contribution in [0.1, 0.15) is 11.4 Å². The maximum atomic E-state index is 10.6. The van der Waals surface area contributed by atoms with Crippen molar-refractivity contribution >= 4 is 17.7 Å². The molecule has 0 amide bonds. The first-order valence-corrected chi connectivity index (χ1v) is 7.64. The maximum absolute atomic E-state index is 10.6. The van der Waals surface area contributed by atoms with Gasteiger partial charge in [-0.1, -0.05) is 36.0 Å². The lowest BCUT2D eigenvalue weighted by Gasteiger charge is -2.10. The average Bonchev–Trinajstić information content (AvgIpc) is 2.87. The number of carbonyl (C=O) groups excluding carboxylic acids is 1. The first-order chi connectivity index (χ1) is 10.6. The number of thioether (sulfide) groups is 1. The number of allylic oxidation sites excluding steroid dienone is 1. The Bertz CT molecular complexity index is 670. The summed E-state index contributed by atoms with van der Waals surface area (Å²) in [5, 5.41) is 19.1. The molecule has 116 valence electrons. The summed E-state index contributed by atoms with van der Waals surface area (Å²) < 4.78 is 7.53. The second kappa shape index (κ2) is 7.65. The Balaban J connectivity index is 2.11. The van der Waals surface area contributed by atoms with Crippen molar-refractivity contribution in [3.63, 3.8) is 0 Å². The Morgan fingerprint density at radius 2 is 2.23 bits per heavy atom. The van der Waals surface area contributed by atoms with Crippen molar-refractivity contribution in [3.8, 4) is 5.75 Å². The molecular weight excluding hydrogens is 302 g/mol. The Morgan fingerprint density at radius 1 is 1.45 bits per heavy atom. The van der Waals surface area contributed by atoms with E-state index in [1.807, 2.05) is 31.2 Å². The lowest BCUT2D eigenvalue weighted by molar-refractivity contribution is -0.301. The fraction of sp³-hybridized carbons (Fsp3) is 0.267. The van der Waals surface area contributed by atoms with Crippen LogP contribution in [0.15, 0.2) is 42.1 Å². The number of para-hydroxylation sites is 1. The molecule has 6 nitrogen and oxygen atoms in total. The Hall–Kier alpha value is -2.28. The van der Waals surface area contributed by atoms with E-state index < -0.39 is 5.97 Å². The number of carboxylic acid groups (broad SMARTS) is 1. The number of aromatic nitrogens is 3. The normalized spacial score (nSPS) is 10.4. The van der Waals surface area contributed by atoms with Gasteiger partial charge < -0.3 is 14.6 Å². The third kappa shape index (κ3) is 4.11. The minimum atomic E-state index is -1.14. The second-order valence-corrected chi connectivity index (χ2v) is 5.46. The van der Waals surface area contributed by atoms with E-state index in [-0.39, 0.29) is 12.4 Å². The zero-order valence-electron chi connectivity index (χ0n) is 12.2. The summed E-state index contributed by atoms with van der Waals surface area (Å²) in [5.41, 5.74) is 1.03. The van der Waals surface area contributed by atoms with E-state index >= 15 is 0 Å². The zero-order chi connectivity index (χ0) is 15.9. The Kier molecular flexibility index (Phi) is 5.60. The number of benzene rings is 1. The van der Waals surface area contributed by atoms with Gasteiger partial charge in [-0.2, -0.15) is 0 Å². The number of hydrogen-bond donors (Lipinski definition) is 0. The van der Waals surface area contributed by atoms with Gasteiger partial charge in [-0.3, -0.25) is 4.57 Å². The van der Waals surface area contributed by atoms with Crippen LogP contribution in [-0.4, -0.2) is 26.5 Å². The number of carbonyl (C=O) groups is 1. The predicted octanol–water partition coefficient (Wildman–Crippen LogP) is 1.19. The summed E-state index contributed by atoms with van der Waals surface area (Å²) >= 11 is 1.06. The van der Waals surface area contributed by atoms with Gasteiger partial charge in [-0.15, -0.1) is 16.8 Å². The van der Waals surface area contributed by atoms with Gasteiger partial charge in [-0.05, 0) is 18.6 Å². The summed E-state index contributed by atoms with van der Waals surface area (Å²) in [7, 11) is 0. The molecule has 0 radical (unpaired) electrons. The maximum Gasteiger partial charge on any atom is 0.191 e. The summed E-state index contributed by atoms with van der Waals surface area (Å²) in [4.78, 5) is 10.6. The van der Waals surface area contributed by atoms with Crippen molar-refractivity contribution in [3.05, 3.63) is 48.3 Å². The molecule has 0 unspecified atom stereocenters. The Labute approximate surface area is 132 Å². The molecule has 1 heterocycles. The van der Waals surface area contributed by atoms with Gasteiger partial charge in [0, 0.05) is 12.3 Å². The molecule has 2 aromatic rings. The molecular formula is C15H16N3O3S-. The molecule has 0 saturated heterocycles. The van der Waals surface area contributed by atoms with E-state index in [0.29, 0.717) is 17.5 Å². The Morgan fingerprint density at radius 3 is 2.91 bits per heavy atom. The number of aliphatic carboxylic acids is 1. The molecule has 0 aliphatic rings. The predicted molar refractivity (Wildman–Crippen MR) is 81.5 cm³/mol. The van der Waals surface area contributed by atoms with Crippen molar-refractivity contribution in [2.24, 2.45) is 0 Å². The lowest BCUT2D eigenvalue weighted by Crippen LogP contribution is -2.24. The van der Waals surface area contributed by atoms with Crippen molar-refractivity contribution in [2.75, 3.05) is 5.75 Å². The summed E-state index contributed by atoms with van der Waals surface area (Å²) in [6.07, 6.45) is 1.70. The van der Waals surface area contributed by atoms with Gasteiger partial charge in [0.25, 0.3) is 0 Å². The molecule has 0 fully saturated rings. The minimum absolute atomic E-state index is 0.173. The smallest absolute Gasteiger partial charge is 0.191 e. The van der Waals surface area contributed by atoms with Gasteiger partial charge in [0.1, 0.15) is 12.4 Å². The van der Waals surface area contributed by atoms with Crippen molar-refractivity contribution in [1.29, 1.82) is 0 Å². The van der Waals surface area contributed by atoms with Crippen LogP contribution in [0.4, 0.5) is 0 Å². The molecule has 2 rings (SSSR count). The zero-order valence-corrected chi connectivity index (χ0v) is 13.0. The molecule has 0 aliphatic heterocycles. The highest BCUT2D eigenvalue weighted by Gasteiger charge is 2.12. The fourth-order valence-corrected chi connectivity index (χ4v) is 2.51. The van der Waals surface area contributed by atoms with E-state index in [1.54, 1.807) is 10.6 Å². The van der Waals surface area contributed by atoms with Gasteiger partial charge in [-0.25, -0.2) is 0 Å². The minimum Gasteiger partial charge on any atom is -0.549 e. The summed E-state index contributed by atoms with van der Waals surface area (Å²) in [6, 6.07) is 7.69. The van der Waals surface area contributed by atoms with E-state index in [2.05, 4.69) is 16.8 Å². The highest BCUT2D eigenvalue weighted by molar-refractivity contribution is 7.99. The second-order valence-electron chi connectivity index (χ2n) is 4.51. The molecule has 1 aromatic heterocycles. The molecule has 0 aliphatic carbocycles. The first-order valence-electron chi connectivity index (χ1n) is 6.66. The largest absolute Gasteiger partial charge is 0.549 e. The number of ether oxygens (including phenoxy) is 1. The standard InChI is InChI=1S/C15H17N3O3S/c1-3-8-18-13(16-17-15(18)22-10-14(19)20)9-21-12-7-5-4-6-11(12)2/h3-7H,1,8-10H2,2H3,(H,19,20)/p-1. The highest BCUT2D eigenvalue weighted by Crippen LogP contribution is 2.20. The number of rotatable bonds is 8. The molecule has 0 atom stereocenters. The average molecular weight is 318 g/mol. The van der Waals surface area contributed by atoms with Crippen LogP contribution in [0.25, 0.3) is 0 Å². The van der Waals surface area contributed by atoms with Crippen molar-refractivity contribution in [2.45, 2.75) is 25.2 Å². The third-order valence-electron chi connectivity index (χ3n) is 2.87. The number of carboxylic acids is 1. The quantitative estimate of drug-likeness (QED) is 0.537. The number of nitrogens with zero attached hydrogens (tertiary/aromatic N) is 3. The van der Waals surface area contributed by atoms with Crippen LogP contribution in [-0.2, 0) is 17.9 Å². The monoisotopic (exact) mass is 318 g/mol. The van der Waals surface area contributed by atoms with Gasteiger partial charge >= 0.3 is 0 Å². The van der Waals surface area contributed by atoms with Crippen LogP contribution in [0.3, 0.4) is 0 Å². The van der Waals surface area contributed by atoms with E-state index in [4.69, 9.17) is 4.74 Å². The third-order valence-corrected chi connectivity index (χ3v) is 3.81. The van der Waals surface area contributed by atoms with E-state index in [0.717, 1.165) is 23.1 Å². The SMILES string of the molecule is C=CCn1c(COc2ccccc2C)nnc1SCC(=O)[O-]. The fourth-order valence-electron chi connectivity index (χ4n) is 1.83. The highest BCUT2D eigenvalue weighted by atomic mass is 32.2. The van der Waals surface area contributed by atoms with E-state index in [1.165, 1.54) is 0 Å². The van der Waals surface area contributed by atoms with Gasteiger partial charge in [0.2, 0.25) is 0 Å².